The van der Waals surface area contributed by atoms with Gasteiger partial charge in [-0.05, 0) is 6.92 Å². The van der Waals surface area contributed by atoms with Crippen molar-refractivity contribution in [3.05, 3.63) is 16.1 Å². The van der Waals surface area contributed by atoms with Crippen LogP contribution in [0.2, 0.25) is 0 Å². The summed E-state index contributed by atoms with van der Waals surface area (Å²) in [7, 11) is 0.937. The molecule has 0 radical (unpaired) electrons. The number of hydrogen-bond acceptors (Lipinski definition) is 2. The highest BCUT2D eigenvalue weighted by Gasteiger charge is 1.89. The summed E-state index contributed by atoms with van der Waals surface area (Å²) in [6.45, 7) is 1.99. The third-order valence-corrected chi connectivity index (χ3v) is 1.90. The second kappa shape index (κ2) is 2.81. The fraction of sp³-hybridized carbons (Fsp3) is 0.167. The molecule has 0 aromatic carbocycles. The molecule has 0 aliphatic rings. The van der Waals surface area contributed by atoms with Crippen molar-refractivity contribution in [1.29, 1.82) is 0 Å². The molecule has 1 nitrogen and oxygen atoms in total. The molecule has 3 heteroatoms. The smallest absolute Gasteiger partial charge is 0.123 e. The van der Waals surface area contributed by atoms with Gasteiger partial charge in [0.15, 0.2) is 0 Å². The topological polar surface area (TPSA) is 12.9 Å². The van der Waals surface area contributed by atoms with Crippen LogP contribution in [0.3, 0.4) is 0 Å². The lowest BCUT2D eigenvalue weighted by Gasteiger charge is -1.72. The number of nitrogens with zero attached hydrogens (tertiary/aromatic N) is 1. The molecule has 1 rings (SSSR count). The van der Waals surface area contributed by atoms with Crippen molar-refractivity contribution in [3.8, 4) is 11.5 Å². The molecule has 0 atom stereocenters. The lowest BCUT2D eigenvalue weighted by atomic mass is 10.5. The molecule has 0 bridgehead atoms. The van der Waals surface area contributed by atoms with Gasteiger partial charge in [0.05, 0.1) is 15.3 Å². The molecule has 0 aliphatic heterocycles. The summed E-state index contributed by atoms with van der Waals surface area (Å²) in [5, 5.41) is 3.08. The van der Waals surface area contributed by atoms with E-state index in [4.69, 9.17) is 0 Å². The molecule has 0 aliphatic carbocycles. The molecule has 0 N–H and O–H groups in total. The molecule has 0 unspecified atom stereocenters. The van der Waals surface area contributed by atoms with Crippen molar-refractivity contribution >= 4 is 21.6 Å². The lowest BCUT2D eigenvalue weighted by molar-refractivity contribution is 1.27. The van der Waals surface area contributed by atoms with Crippen LogP contribution in [-0.4, -0.2) is 15.2 Å². The molecule has 0 amide bonds. The number of aryl methyl sites for hydroxylation is 1. The number of rotatable bonds is 0. The Morgan fingerprint density at radius 3 is 3.00 bits per heavy atom. The zero-order chi connectivity index (χ0) is 6.69. The van der Waals surface area contributed by atoms with Crippen LogP contribution < -0.4 is 0 Å². The van der Waals surface area contributed by atoms with E-state index in [0.29, 0.717) is 0 Å². The SMILES string of the molecule is Cc1nc(C#C[SiH3])cs1. The summed E-state index contributed by atoms with van der Waals surface area (Å²) in [5.41, 5.74) is 3.85. The van der Waals surface area contributed by atoms with E-state index in [-0.39, 0.29) is 0 Å². The predicted molar refractivity (Wildman–Crippen MR) is 43.7 cm³/mol. The van der Waals surface area contributed by atoms with Gasteiger partial charge in [-0.25, -0.2) is 4.98 Å². The van der Waals surface area contributed by atoms with Crippen molar-refractivity contribution in [3.63, 3.8) is 0 Å². The van der Waals surface area contributed by atoms with Crippen LogP contribution in [0.15, 0.2) is 5.38 Å². The first-order valence-corrected chi connectivity index (χ1v) is 4.56. The van der Waals surface area contributed by atoms with E-state index in [2.05, 4.69) is 16.4 Å². The zero-order valence-corrected chi connectivity index (χ0v) is 8.25. The van der Waals surface area contributed by atoms with Gasteiger partial charge in [-0.15, -0.1) is 16.9 Å². The van der Waals surface area contributed by atoms with Gasteiger partial charge in [0.1, 0.15) is 5.69 Å². The second-order valence-corrected chi connectivity index (χ2v) is 3.19. The minimum absolute atomic E-state index is 0.924. The van der Waals surface area contributed by atoms with Gasteiger partial charge in [0.25, 0.3) is 0 Å². The predicted octanol–water partition coefficient (Wildman–Crippen LogP) is 0.126. The standard InChI is InChI=1S/C6H7NSSi/c1-5-7-6(2-3-9)4-8-5/h4H,1,9H3. The highest BCUT2D eigenvalue weighted by molar-refractivity contribution is 7.09. The molecule has 0 spiro atoms. The fourth-order valence-electron chi connectivity index (χ4n) is 0.549. The first kappa shape index (κ1) is 6.53. The minimum Gasteiger partial charge on any atom is -0.233 e. The first-order valence-electron chi connectivity index (χ1n) is 2.68. The summed E-state index contributed by atoms with van der Waals surface area (Å²) >= 11 is 1.65. The van der Waals surface area contributed by atoms with Crippen molar-refractivity contribution in [2.45, 2.75) is 6.92 Å². The molecule has 1 aromatic rings. The summed E-state index contributed by atoms with van der Waals surface area (Å²) in [5.74, 6) is 2.94. The Kier molecular flexibility index (Phi) is 2.04. The highest BCUT2D eigenvalue weighted by Crippen LogP contribution is 2.05. The Morgan fingerprint density at radius 1 is 1.78 bits per heavy atom. The molecule has 0 saturated carbocycles. The van der Waals surface area contributed by atoms with Gasteiger partial charge in [0.2, 0.25) is 0 Å². The van der Waals surface area contributed by atoms with Crippen molar-refractivity contribution in [2.75, 3.05) is 0 Å². The molecule has 9 heavy (non-hydrogen) atoms. The average Bonchev–Trinajstić information content (AvgIpc) is 2.17. The molecule has 0 saturated heterocycles. The van der Waals surface area contributed by atoms with Crippen LogP contribution in [0.5, 0.6) is 0 Å². The van der Waals surface area contributed by atoms with E-state index in [0.717, 1.165) is 20.9 Å². The number of hydrogen-bond donors (Lipinski definition) is 0. The minimum atomic E-state index is 0.924. The van der Waals surface area contributed by atoms with E-state index in [1.54, 1.807) is 11.3 Å². The summed E-state index contributed by atoms with van der Waals surface area (Å²) in [4.78, 5) is 4.17. The molecule has 0 fully saturated rings. The third kappa shape index (κ3) is 1.66. The van der Waals surface area contributed by atoms with Crippen LogP contribution in [0.25, 0.3) is 0 Å². The maximum Gasteiger partial charge on any atom is 0.123 e. The summed E-state index contributed by atoms with van der Waals surface area (Å²) < 4.78 is 0. The van der Waals surface area contributed by atoms with Crippen molar-refractivity contribution in [2.24, 2.45) is 0 Å². The Hall–Kier alpha value is -0.593. The van der Waals surface area contributed by atoms with Crippen LogP contribution in [0.4, 0.5) is 0 Å². The highest BCUT2D eigenvalue weighted by atomic mass is 32.1. The van der Waals surface area contributed by atoms with Gasteiger partial charge < -0.3 is 0 Å². The summed E-state index contributed by atoms with van der Waals surface area (Å²) in [6, 6.07) is 0. The fourth-order valence-corrected chi connectivity index (χ4v) is 1.35. The Balaban J connectivity index is 2.93. The molecular formula is C6H7NSSi. The van der Waals surface area contributed by atoms with Crippen LogP contribution in [0, 0.1) is 18.4 Å². The van der Waals surface area contributed by atoms with Gasteiger partial charge in [-0.3, -0.25) is 0 Å². The Labute approximate surface area is 61.6 Å². The lowest BCUT2D eigenvalue weighted by Crippen LogP contribution is -1.72. The largest absolute Gasteiger partial charge is 0.233 e. The molecular weight excluding hydrogens is 146 g/mol. The van der Waals surface area contributed by atoms with Crippen LogP contribution in [-0.2, 0) is 0 Å². The van der Waals surface area contributed by atoms with E-state index in [9.17, 15) is 0 Å². The van der Waals surface area contributed by atoms with Gasteiger partial charge >= 0.3 is 0 Å². The van der Waals surface area contributed by atoms with Crippen molar-refractivity contribution in [1.82, 2.24) is 4.98 Å². The third-order valence-electron chi connectivity index (χ3n) is 0.872. The normalized spacial score (nSPS) is 8.56. The van der Waals surface area contributed by atoms with E-state index >= 15 is 0 Å². The summed E-state index contributed by atoms with van der Waals surface area (Å²) in [6.07, 6.45) is 0. The first-order chi connectivity index (χ1) is 4.33. The number of thiazole rings is 1. The van der Waals surface area contributed by atoms with Crippen LogP contribution in [0.1, 0.15) is 10.7 Å². The molecule has 1 aromatic heterocycles. The van der Waals surface area contributed by atoms with E-state index in [1.807, 2.05) is 12.3 Å². The maximum absolute atomic E-state index is 4.17. The Morgan fingerprint density at radius 2 is 2.56 bits per heavy atom. The van der Waals surface area contributed by atoms with Gasteiger partial charge in [-0.2, -0.15) is 0 Å². The van der Waals surface area contributed by atoms with E-state index < -0.39 is 0 Å². The maximum atomic E-state index is 4.17. The zero-order valence-electron chi connectivity index (χ0n) is 5.43. The van der Waals surface area contributed by atoms with Gasteiger partial charge in [0, 0.05) is 5.38 Å². The second-order valence-electron chi connectivity index (χ2n) is 1.63. The Bertz CT molecular complexity index is 256. The molecule has 1 heterocycles. The monoisotopic (exact) mass is 153 g/mol. The molecule has 46 valence electrons. The quantitative estimate of drug-likeness (QED) is 0.381. The average molecular weight is 153 g/mol. The van der Waals surface area contributed by atoms with E-state index in [1.165, 1.54) is 0 Å². The van der Waals surface area contributed by atoms with Crippen LogP contribution >= 0.6 is 11.3 Å². The van der Waals surface area contributed by atoms with Crippen molar-refractivity contribution < 1.29 is 0 Å². The van der Waals surface area contributed by atoms with Gasteiger partial charge in [-0.1, -0.05) is 5.92 Å². The number of aromatic nitrogens is 1.